The van der Waals surface area contributed by atoms with Gasteiger partial charge in [0.2, 0.25) is 5.91 Å². The number of benzene rings is 1. The number of nitrogens with zero attached hydrogens (tertiary/aromatic N) is 1. The van der Waals surface area contributed by atoms with E-state index in [2.05, 4.69) is 4.98 Å². The van der Waals surface area contributed by atoms with Crippen LogP contribution in [0.25, 0.3) is 10.9 Å². The lowest BCUT2D eigenvalue weighted by Crippen LogP contribution is -2.39. The van der Waals surface area contributed by atoms with Gasteiger partial charge in [-0.1, -0.05) is 13.3 Å². The molecule has 0 aliphatic carbocycles. The smallest absolute Gasteiger partial charge is 0.270 e. The number of hydrogen-bond acceptors (Lipinski definition) is 3. The number of primary amides is 1. The molecule has 1 aromatic heterocycles. The maximum Gasteiger partial charge on any atom is 0.270 e. The zero-order valence-corrected chi connectivity index (χ0v) is 12.1. The lowest BCUT2D eigenvalue weighted by atomic mass is 10.2. The number of fused-ring (bicyclic) bond motifs is 1. The fourth-order valence-corrected chi connectivity index (χ4v) is 2.23. The summed E-state index contributed by atoms with van der Waals surface area (Å²) in [6.45, 7) is 2.46. The molecule has 6 nitrogen and oxygen atoms in total. The third kappa shape index (κ3) is 3.53. The molecular formula is C15H20N4O2. The van der Waals surface area contributed by atoms with Crippen LogP contribution in [0.1, 0.15) is 30.3 Å². The first-order valence-corrected chi connectivity index (χ1v) is 6.97. The van der Waals surface area contributed by atoms with E-state index < -0.39 is 5.91 Å². The summed E-state index contributed by atoms with van der Waals surface area (Å²) in [5.74, 6) is -0.739. The van der Waals surface area contributed by atoms with E-state index in [4.69, 9.17) is 11.5 Å². The van der Waals surface area contributed by atoms with Gasteiger partial charge >= 0.3 is 0 Å². The molecule has 0 bridgehead atoms. The summed E-state index contributed by atoms with van der Waals surface area (Å²) in [6.07, 6.45) is 1.76. The molecule has 1 heterocycles. The van der Waals surface area contributed by atoms with Gasteiger partial charge in [-0.3, -0.25) is 9.59 Å². The van der Waals surface area contributed by atoms with Crippen LogP contribution < -0.4 is 11.5 Å². The molecule has 0 aliphatic rings. The standard InChI is InChI=1S/C15H20N4O2/c1-2-3-6-19(9-14(17)20)15(21)13-8-10-7-11(16)4-5-12(10)18-13/h4-5,7-8,18H,2-3,6,9,16H2,1H3,(H2,17,20). The van der Waals surface area contributed by atoms with Crippen molar-refractivity contribution in [3.05, 3.63) is 30.0 Å². The lowest BCUT2D eigenvalue weighted by molar-refractivity contribution is -0.118. The molecule has 0 saturated carbocycles. The SMILES string of the molecule is CCCCN(CC(N)=O)C(=O)c1cc2cc(N)ccc2[nH]1. The third-order valence-corrected chi connectivity index (χ3v) is 3.29. The predicted octanol–water partition coefficient (Wildman–Crippen LogP) is 1.48. The van der Waals surface area contributed by atoms with E-state index >= 15 is 0 Å². The molecule has 0 atom stereocenters. The zero-order valence-electron chi connectivity index (χ0n) is 12.1. The van der Waals surface area contributed by atoms with Crippen molar-refractivity contribution in [2.24, 2.45) is 5.73 Å². The summed E-state index contributed by atoms with van der Waals surface area (Å²) in [7, 11) is 0. The molecule has 2 aromatic rings. The van der Waals surface area contributed by atoms with Crippen molar-refractivity contribution in [1.82, 2.24) is 9.88 Å². The van der Waals surface area contributed by atoms with Crippen LogP contribution in [-0.2, 0) is 4.79 Å². The van der Waals surface area contributed by atoms with Gasteiger partial charge in [0.1, 0.15) is 5.69 Å². The van der Waals surface area contributed by atoms with Crippen molar-refractivity contribution in [3.63, 3.8) is 0 Å². The first-order chi connectivity index (χ1) is 10.0. The van der Waals surface area contributed by atoms with E-state index in [0.717, 1.165) is 23.7 Å². The van der Waals surface area contributed by atoms with E-state index in [-0.39, 0.29) is 12.5 Å². The number of unbranched alkanes of at least 4 members (excludes halogenated alkanes) is 1. The average Bonchev–Trinajstić information content (AvgIpc) is 2.85. The van der Waals surface area contributed by atoms with Crippen LogP contribution in [0.5, 0.6) is 0 Å². The molecule has 0 saturated heterocycles. The van der Waals surface area contributed by atoms with Gasteiger partial charge in [0.05, 0.1) is 6.54 Å². The Kier molecular flexibility index (Phi) is 4.47. The highest BCUT2D eigenvalue weighted by Crippen LogP contribution is 2.19. The highest BCUT2D eigenvalue weighted by molar-refractivity contribution is 5.99. The third-order valence-electron chi connectivity index (χ3n) is 3.29. The highest BCUT2D eigenvalue weighted by Gasteiger charge is 2.19. The molecular weight excluding hydrogens is 268 g/mol. The number of H-pyrrole nitrogens is 1. The second kappa shape index (κ2) is 6.30. The second-order valence-electron chi connectivity index (χ2n) is 5.08. The number of rotatable bonds is 6. The normalized spacial score (nSPS) is 10.7. The summed E-state index contributed by atoms with van der Waals surface area (Å²) in [5, 5.41) is 0.868. The second-order valence-corrected chi connectivity index (χ2v) is 5.08. The van der Waals surface area contributed by atoms with E-state index in [1.807, 2.05) is 13.0 Å². The van der Waals surface area contributed by atoms with Crippen LogP contribution in [0.4, 0.5) is 5.69 Å². The molecule has 1 aromatic carbocycles. The van der Waals surface area contributed by atoms with Gasteiger partial charge in [-0.15, -0.1) is 0 Å². The van der Waals surface area contributed by atoms with Gasteiger partial charge in [0.15, 0.2) is 0 Å². The van der Waals surface area contributed by atoms with E-state index in [1.165, 1.54) is 4.90 Å². The van der Waals surface area contributed by atoms with E-state index in [0.29, 0.717) is 17.9 Å². The number of nitrogen functional groups attached to an aromatic ring is 1. The van der Waals surface area contributed by atoms with E-state index in [9.17, 15) is 9.59 Å². The number of hydrogen-bond donors (Lipinski definition) is 3. The number of aromatic amines is 1. The van der Waals surface area contributed by atoms with Crippen LogP contribution >= 0.6 is 0 Å². The van der Waals surface area contributed by atoms with Crippen LogP contribution in [0.2, 0.25) is 0 Å². The quantitative estimate of drug-likeness (QED) is 0.701. The van der Waals surface area contributed by atoms with Crippen LogP contribution in [0, 0.1) is 0 Å². The number of nitrogens with two attached hydrogens (primary N) is 2. The molecule has 0 unspecified atom stereocenters. The van der Waals surface area contributed by atoms with Crippen molar-refractivity contribution >= 4 is 28.4 Å². The maximum atomic E-state index is 12.5. The molecule has 0 fully saturated rings. The Morgan fingerprint density at radius 2 is 2.05 bits per heavy atom. The van der Waals surface area contributed by atoms with E-state index in [1.54, 1.807) is 18.2 Å². The van der Waals surface area contributed by atoms with Crippen molar-refractivity contribution in [1.29, 1.82) is 0 Å². The van der Waals surface area contributed by atoms with Gasteiger partial charge in [-0.25, -0.2) is 0 Å². The Labute approximate surface area is 123 Å². The first kappa shape index (κ1) is 14.9. The molecule has 2 amide bonds. The van der Waals surface area contributed by atoms with Crippen molar-refractivity contribution < 1.29 is 9.59 Å². The first-order valence-electron chi connectivity index (χ1n) is 6.97. The zero-order chi connectivity index (χ0) is 15.4. The van der Waals surface area contributed by atoms with Crippen molar-refractivity contribution in [2.75, 3.05) is 18.8 Å². The Morgan fingerprint density at radius 1 is 1.29 bits per heavy atom. The Hall–Kier alpha value is -2.50. The average molecular weight is 288 g/mol. The topological polar surface area (TPSA) is 105 Å². The number of anilines is 1. The van der Waals surface area contributed by atoms with Gasteiger partial charge in [0.25, 0.3) is 5.91 Å². The molecule has 2 rings (SSSR count). The predicted molar refractivity (Wildman–Crippen MR) is 82.7 cm³/mol. The van der Waals surface area contributed by atoms with Crippen molar-refractivity contribution in [3.8, 4) is 0 Å². The largest absolute Gasteiger partial charge is 0.399 e. The molecule has 21 heavy (non-hydrogen) atoms. The number of carbonyl (C=O) groups excluding carboxylic acids is 2. The Morgan fingerprint density at radius 3 is 2.71 bits per heavy atom. The van der Waals surface area contributed by atoms with Crippen LogP contribution in [0.15, 0.2) is 24.3 Å². The fourth-order valence-electron chi connectivity index (χ4n) is 2.23. The maximum absolute atomic E-state index is 12.5. The minimum Gasteiger partial charge on any atom is -0.399 e. The summed E-state index contributed by atoms with van der Waals surface area (Å²) in [6, 6.07) is 7.14. The summed E-state index contributed by atoms with van der Waals surface area (Å²) >= 11 is 0. The molecule has 0 radical (unpaired) electrons. The lowest BCUT2D eigenvalue weighted by Gasteiger charge is -2.20. The number of amides is 2. The Balaban J connectivity index is 2.26. The fraction of sp³-hybridized carbons (Fsp3) is 0.333. The number of carbonyl (C=O) groups is 2. The molecule has 0 aliphatic heterocycles. The molecule has 6 heteroatoms. The Bertz CT molecular complexity index is 663. The van der Waals surface area contributed by atoms with Gasteiger partial charge in [-0.05, 0) is 30.7 Å². The van der Waals surface area contributed by atoms with Gasteiger partial charge in [0, 0.05) is 23.1 Å². The summed E-state index contributed by atoms with van der Waals surface area (Å²) < 4.78 is 0. The van der Waals surface area contributed by atoms with Crippen LogP contribution in [0.3, 0.4) is 0 Å². The highest BCUT2D eigenvalue weighted by atomic mass is 16.2. The molecule has 112 valence electrons. The minimum atomic E-state index is -0.514. The number of nitrogens with one attached hydrogen (secondary N) is 1. The van der Waals surface area contributed by atoms with Crippen LogP contribution in [-0.4, -0.2) is 34.8 Å². The summed E-state index contributed by atoms with van der Waals surface area (Å²) in [4.78, 5) is 28.1. The minimum absolute atomic E-state index is 0.0731. The summed E-state index contributed by atoms with van der Waals surface area (Å²) in [5.41, 5.74) is 12.9. The monoisotopic (exact) mass is 288 g/mol. The van der Waals surface area contributed by atoms with Crippen molar-refractivity contribution in [2.45, 2.75) is 19.8 Å². The van der Waals surface area contributed by atoms with Gasteiger partial charge < -0.3 is 21.4 Å². The molecule has 0 spiro atoms. The van der Waals surface area contributed by atoms with Gasteiger partial charge in [-0.2, -0.15) is 0 Å². The molecule has 5 N–H and O–H groups in total. The number of aromatic nitrogens is 1.